The van der Waals surface area contributed by atoms with Crippen LogP contribution >= 0.6 is 7.82 Å². The number of likely N-dealkylation sites (N-methyl/N-ethyl adjacent to an activating group) is 2. The molecular weight excluding hydrogens is 617 g/mol. The average Bonchev–Trinajstić information content (AvgIpc) is 2.98. The van der Waals surface area contributed by atoms with Gasteiger partial charge in [0.1, 0.15) is 6.10 Å². The van der Waals surface area contributed by atoms with Crippen molar-refractivity contribution in [1.29, 1.82) is 0 Å². The predicted octanol–water partition coefficient (Wildman–Crippen LogP) is 3.45. The Balaban J connectivity index is 2.14. The van der Waals surface area contributed by atoms with Crippen LogP contribution in [-0.2, 0) is 32.6 Å². The van der Waals surface area contributed by atoms with Gasteiger partial charge >= 0.3 is 7.82 Å². The number of aliphatic hydroxyl groups excluding tert-OH is 2. The molecule has 14 heteroatoms. The Kier molecular flexibility index (Phi) is 13.3. The topological polar surface area (TPSA) is 173 Å². The number of phosphoric ester groups is 1. The Morgan fingerprint density at radius 3 is 1.78 bits per heavy atom. The second-order valence-electron chi connectivity index (χ2n) is 12.3. The molecule has 0 saturated heterocycles. The third-order valence-corrected chi connectivity index (χ3v) is 8.21. The van der Waals surface area contributed by atoms with Crippen LogP contribution in [0, 0.1) is 11.8 Å². The van der Waals surface area contributed by atoms with E-state index in [0.717, 1.165) is 4.90 Å². The highest BCUT2D eigenvalue weighted by Gasteiger charge is 2.47. The number of nitrogens with one attached hydrogen (secondary N) is 2. The first-order valence-electron chi connectivity index (χ1n) is 14.3. The van der Waals surface area contributed by atoms with E-state index in [1.165, 1.54) is 33.2 Å². The van der Waals surface area contributed by atoms with E-state index in [1.54, 1.807) is 77.9 Å². The molecule has 13 nitrogen and oxygen atoms in total. The summed E-state index contributed by atoms with van der Waals surface area (Å²) in [5.74, 6) is 3.51. The van der Waals surface area contributed by atoms with Gasteiger partial charge in [-0.15, -0.1) is 0 Å². The van der Waals surface area contributed by atoms with Crippen molar-refractivity contribution >= 4 is 25.5 Å². The Labute approximate surface area is 270 Å². The first-order valence-corrected chi connectivity index (χ1v) is 15.8. The van der Waals surface area contributed by atoms with E-state index in [9.17, 15) is 24.1 Å². The van der Waals surface area contributed by atoms with Crippen molar-refractivity contribution in [3.8, 4) is 11.8 Å². The lowest BCUT2D eigenvalue weighted by Crippen LogP contribution is -2.64. The molecule has 3 amide bonds. The molecule has 46 heavy (non-hydrogen) atoms. The molecule has 2 aromatic carbocycles. The summed E-state index contributed by atoms with van der Waals surface area (Å²) in [6, 6.07) is 13.0. The zero-order valence-corrected chi connectivity index (χ0v) is 28.6. The summed E-state index contributed by atoms with van der Waals surface area (Å²) in [4.78, 5) is 45.6. The maximum absolute atomic E-state index is 13.4. The minimum Gasteiger partial charge on any atom is -0.393 e. The zero-order valence-electron chi connectivity index (χ0n) is 27.7. The van der Waals surface area contributed by atoms with Gasteiger partial charge in [-0.1, -0.05) is 24.0 Å². The number of hydrogen-bond donors (Lipinski definition) is 4. The number of benzene rings is 2. The molecule has 0 spiro atoms. The molecule has 252 valence electrons. The van der Waals surface area contributed by atoms with E-state index < -0.39 is 55.2 Å². The fourth-order valence-corrected chi connectivity index (χ4v) is 5.48. The van der Waals surface area contributed by atoms with Crippen molar-refractivity contribution in [2.45, 2.75) is 71.3 Å². The smallest absolute Gasteiger partial charge is 0.393 e. The van der Waals surface area contributed by atoms with Crippen molar-refractivity contribution in [3.63, 3.8) is 0 Å². The van der Waals surface area contributed by atoms with Gasteiger partial charge in [0.15, 0.2) is 12.3 Å². The number of rotatable bonds is 12. The summed E-state index contributed by atoms with van der Waals surface area (Å²) >= 11 is 0. The van der Waals surface area contributed by atoms with Crippen LogP contribution in [0.3, 0.4) is 0 Å². The Hall–Kier alpha value is -3.60. The number of hydrogen-bond acceptors (Lipinski definition) is 10. The molecular formula is C32H44N3O10P. The molecule has 0 fully saturated rings. The molecule has 2 aromatic rings. The van der Waals surface area contributed by atoms with Gasteiger partial charge in [-0.25, -0.2) is 14.9 Å². The van der Waals surface area contributed by atoms with Crippen LogP contribution in [0.25, 0.3) is 0 Å². The van der Waals surface area contributed by atoms with Crippen LogP contribution in [0.15, 0.2) is 48.5 Å². The highest BCUT2D eigenvalue weighted by molar-refractivity contribution is 7.48. The predicted molar refractivity (Wildman–Crippen MR) is 170 cm³/mol. The van der Waals surface area contributed by atoms with E-state index in [-0.39, 0.29) is 12.2 Å². The Morgan fingerprint density at radius 2 is 1.35 bits per heavy atom. The van der Waals surface area contributed by atoms with Crippen molar-refractivity contribution in [2.24, 2.45) is 0 Å². The second-order valence-corrected chi connectivity index (χ2v) is 13.9. The maximum Gasteiger partial charge on any atom is 0.478 e. The molecule has 4 N–H and O–H groups in total. The lowest BCUT2D eigenvalue weighted by atomic mass is 9.96. The molecule has 0 radical (unpaired) electrons. The van der Waals surface area contributed by atoms with Crippen LogP contribution in [0.4, 0.5) is 0 Å². The van der Waals surface area contributed by atoms with Crippen molar-refractivity contribution in [3.05, 3.63) is 70.8 Å². The minimum atomic E-state index is -4.14. The van der Waals surface area contributed by atoms with Crippen LogP contribution in [0.5, 0.6) is 0 Å². The molecule has 2 rings (SSSR count). The first-order chi connectivity index (χ1) is 21.2. The van der Waals surface area contributed by atoms with E-state index in [0.29, 0.717) is 16.7 Å². The molecule has 2 atom stereocenters. The number of carbonyl (C=O) groups is 3. The summed E-state index contributed by atoms with van der Waals surface area (Å²) < 4.78 is 29.4. The molecule has 0 aromatic heterocycles. The van der Waals surface area contributed by atoms with Gasteiger partial charge in [0.25, 0.3) is 17.7 Å². The minimum absolute atomic E-state index is 0.183. The van der Waals surface area contributed by atoms with Gasteiger partial charge in [-0.3, -0.25) is 28.0 Å². The number of nitrogens with zero attached hydrogens (tertiary/aromatic N) is 1. The van der Waals surface area contributed by atoms with Gasteiger partial charge in [0.05, 0.1) is 17.8 Å². The lowest BCUT2D eigenvalue weighted by molar-refractivity contribution is -0.157. The summed E-state index contributed by atoms with van der Waals surface area (Å²) in [6.45, 7) is 10.1. The first kappa shape index (κ1) is 38.6. The average molecular weight is 662 g/mol. The largest absolute Gasteiger partial charge is 0.478 e. The molecule has 0 saturated carbocycles. The molecule has 0 aliphatic rings. The summed E-state index contributed by atoms with van der Waals surface area (Å²) in [5.41, 5.74) is 0.249. The second kappa shape index (κ2) is 15.8. The third kappa shape index (κ3) is 11.0. The third-order valence-electron chi connectivity index (χ3n) is 6.24. The highest BCUT2D eigenvalue weighted by atomic mass is 31.2. The lowest BCUT2D eigenvalue weighted by Gasteiger charge is -2.35. The quantitative estimate of drug-likeness (QED) is 0.0659. The van der Waals surface area contributed by atoms with E-state index in [2.05, 4.69) is 22.6 Å². The highest BCUT2D eigenvalue weighted by Crippen LogP contribution is 2.55. The van der Waals surface area contributed by atoms with Crippen molar-refractivity contribution in [2.75, 3.05) is 27.5 Å². The van der Waals surface area contributed by atoms with Gasteiger partial charge in [0.2, 0.25) is 0 Å². The van der Waals surface area contributed by atoms with Crippen LogP contribution in [0.1, 0.15) is 81.6 Å². The number of aliphatic hydroxyl groups is 2. The number of amides is 3. The molecule has 0 heterocycles. The van der Waals surface area contributed by atoms with Crippen molar-refractivity contribution < 1.29 is 47.6 Å². The summed E-state index contributed by atoms with van der Waals surface area (Å²) in [6.07, 6.45) is -0.963. The van der Waals surface area contributed by atoms with Crippen LogP contribution < -0.4 is 10.8 Å². The SMILES string of the molecule is CNC(=O)[C@@](C)(C(=O)NOCOP(=O)(OC(C)(C)C)OC(C)(C)C)N(C)C(=O)c1ccc(C#Cc2ccc([C@H](O)CO)cc2)cc1. The summed E-state index contributed by atoms with van der Waals surface area (Å²) in [7, 11) is -1.54. The normalized spacial score (nSPS) is 13.9. The van der Waals surface area contributed by atoms with E-state index in [4.69, 9.17) is 23.5 Å². The van der Waals surface area contributed by atoms with Gasteiger partial charge in [-0.2, -0.15) is 0 Å². The van der Waals surface area contributed by atoms with E-state index in [1.807, 2.05) is 0 Å². The number of phosphoric acid groups is 1. The maximum atomic E-state index is 13.4. The molecule has 0 aliphatic carbocycles. The fraction of sp³-hybridized carbons (Fsp3) is 0.469. The van der Waals surface area contributed by atoms with Gasteiger partial charge in [-0.05, 0) is 90.4 Å². The summed E-state index contributed by atoms with van der Waals surface area (Å²) in [5, 5.41) is 21.2. The fourth-order valence-electron chi connectivity index (χ4n) is 3.81. The number of hydroxylamine groups is 1. The Bertz CT molecular complexity index is 1450. The molecule has 0 unspecified atom stereocenters. The molecule has 0 aliphatic heterocycles. The number of carbonyl (C=O) groups excluding carboxylic acids is 3. The van der Waals surface area contributed by atoms with Gasteiger partial charge in [0, 0.05) is 30.8 Å². The zero-order chi connectivity index (χ0) is 34.9. The van der Waals surface area contributed by atoms with Crippen LogP contribution in [0.2, 0.25) is 0 Å². The van der Waals surface area contributed by atoms with Gasteiger partial charge < -0.3 is 20.4 Å². The standard InChI is InChI=1S/C32H44N3O10P/c1-30(2,3)44-46(41,45-31(4,5)6)43-21-42-34-29(40)32(7,28(39)33-8)35(9)27(38)25-18-14-23(15-19-25)11-10-22-12-16-24(17-13-22)26(37)20-36/h12-19,26,36-37H,20-21H2,1-9H3,(H,33,39)(H,34,40)/t26-,32+/m1/s1. The molecule has 0 bridgehead atoms. The Morgan fingerprint density at radius 1 is 0.870 bits per heavy atom. The van der Waals surface area contributed by atoms with Crippen molar-refractivity contribution in [1.82, 2.24) is 15.7 Å². The monoisotopic (exact) mass is 661 g/mol. The van der Waals surface area contributed by atoms with E-state index >= 15 is 0 Å². The van der Waals surface area contributed by atoms with Crippen LogP contribution in [-0.4, -0.2) is 77.1 Å².